The normalized spacial score (nSPS) is 23.1. The summed E-state index contributed by atoms with van der Waals surface area (Å²) in [6.45, 7) is 0. The second-order valence-electron chi connectivity index (χ2n) is 5.21. The topological polar surface area (TPSA) is 29.1 Å². The van der Waals surface area contributed by atoms with Crippen LogP contribution in [0.25, 0.3) is 0 Å². The first-order valence-electron chi connectivity index (χ1n) is 6.77. The van der Waals surface area contributed by atoms with E-state index in [2.05, 4.69) is 5.32 Å². The molecule has 1 aromatic carbocycles. The Morgan fingerprint density at radius 1 is 1.26 bits per heavy atom. The molecule has 0 aliphatic heterocycles. The van der Waals surface area contributed by atoms with Crippen LogP contribution in [0.4, 0.5) is 4.39 Å². The SMILES string of the molecule is O=C(Cc1ccccc1F)NC1CCC(CCl)CC1. The fraction of sp³-hybridized carbons (Fsp3) is 0.533. The third-order valence-corrected chi connectivity index (χ3v) is 4.18. The quantitative estimate of drug-likeness (QED) is 0.844. The number of alkyl halides is 1. The van der Waals surface area contributed by atoms with Crippen LogP contribution in [0, 0.1) is 11.7 Å². The largest absolute Gasteiger partial charge is 0.353 e. The van der Waals surface area contributed by atoms with Crippen LogP contribution in [0.3, 0.4) is 0 Å². The maximum Gasteiger partial charge on any atom is 0.224 e. The molecule has 0 unspecified atom stereocenters. The first-order chi connectivity index (χ1) is 9.19. The van der Waals surface area contributed by atoms with Gasteiger partial charge in [-0.25, -0.2) is 4.39 Å². The Labute approximate surface area is 118 Å². The van der Waals surface area contributed by atoms with E-state index in [1.54, 1.807) is 18.2 Å². The van der Waals surface area contributed by atoms with E-state index in [4.69, 9.17) is 11.6 Å². The zero-order valence-corrected chi connectivity index (χ0v) is 11.6. The molecule has 0 heterocycles. The molecule has 0 aromatic heterocycles. The van der Waals surface area contributed by atoms with Gasteiger partial charge in [-0.15, -0.1) is 11.6 Å². The zero-order chi connectivity index (χ0) is 13.7. The number of hydrogen-bond acceptors (Lipinski definition) is 1. The smallest absolute Gasteiger partial charge is 0.224 e. The lowest BCUT2D eigenvalue weighted by Gasteiger charge is -2.27. The predicted molar refractivity (Wildman–Crippen MR) is 74.7 cm³/mol. The number of carbonyl (C=O) groups is 1. The standard InChI is InChI=1S/C15H19ClFNO/c16-10-11-5-7-13(8-6-11)18-15(19)9-12-3-1-2-4-14(12)17/h1-4,11,13H,5-10H2,(H,18,19). The molecule has 2 rings (SSSR count). The van der Waals surface area contributed by atoms with Crippen molar-refractivity contribution in [2.45, 2.75) is 38.1 Å². The van der Waals surface area contributed by atoms with Gasteiger partial charge in [0.15, 0.2) is 0 Å². The highest BCUT2D eigenvalue weighted by atomic mass is 35.5. The van der Waals surface area contributed by atoms with Gasteiger partial charge >= 0.3 is 0 Å². The highest BCUT2D eigenvalue weighted by molar-refractivity contribution is 6.18. The van der Waals surface area contributed by atoms with Crippen molar-refractivity contribution in [3.8, 4) is 0 Å². The molecular formula is C15H19ClFNO. The fourth-order valence-electron chi connectivity index (χ4n) is 2.55. The molecule has 1 amide bonds. The Hall–Kier alpha value is -1.09. The van der Waals surface area contributed by atoms with Gasteiger partial charge in [0.25, 0.3) is 0 Å². The molecule has 104 valence electrons. The molecule has 0 saturated heterocycles. The van der Waals surface area contributed by atoms with Crippen molar-refractivity contribution < 1.29 is 9.18 Å². The van der Waals surface area contributed by atoms with Gasteiger partial charge in [-0.2, -0.15) is 0 Å². The average molecular weight is 284 g/mol. The van der Waals surface area contributed by atoms with Crippen molar-refractivity contribution in [3.63, 3.8) is 0 Å². The van der Waals surface area contributed by atoms with Gasteiger partial charge in [-0.05, 0) is 43.2 Å². The molecule has 1 saturated carbocycles. The monoisotopic (exact) mass is 283 g/mol. The van der Waals surface area contributed by atoms with Crippen LogP contribution in [0.2, 0.25) is 0 Å². The maximum absolute atomic E-state index is 13.4. The summed E-state index contributed by atoms with van der Waals surface area (Å²) < 4.78 is 13.4. The van der Waals surface area contributed by atoms with E-state index in [0.29, 0.717) is 17.4 Å². The van der Waals surface area contributed by atoms with Gasteiger partial charge in [0.2, 0.25) is 5.91 Å². The third kappa shape index (κ3) is 4.20. The van der Waals surface area contributed by atoms with E-state index in [-0.39, 0.29) is 24.2 Å². The number of hydrogen-bond donors (Lipinski definition) is 1. The Kier molecular flexibility index (Phi) is 5.20. The molecule has 2 nitrogen and oxygen atoms in total. The van der Waals surface area contributed by atoms with Crippen LogP contribution >= 0.6 is 11.6 Å². The van der Waals surface area contributed by atoms with E-state index in [0.717, 1.165) is 25.7 Å². The Bertz CT molecular complexity index is 430. The van der Waals surface area contributed by atoms with Crippen LogP contribution in [0.1, 0.15) is 31.2 Å². The molecule has 19 heavy (non-hydrogen) atoms. The summed E-state index contributed by atoms with van der Waals surface area (Å²) in [7, 11) is 0. The molecule has 1 aliphatic rings. The number of carbonyl (C=O) groups excluding carboxylic acids is 1. The van der Waals surface area contributed by atoms with E-state index in [1.807, 2.05) is 0 Å². The Morgan fingerprint density at radius 3 is 2.58 bits per heavy atom. The van der Waals surface area contributed by atoms with E-state index in [1.165, 1.54) is 6.07 Å². The summed E-state index contributed by atoms with van der Waals surface area (Å²) >= 11 is 5.83. The third-order valence-electron chi connectivity index (χ3n) is 3.74. The molecule has 0 spiro atoms. The van der Waals surface area contributed by atoms with Crippen molar-refractivity contribution in [1.82, 2.24) is 5.32 Å². The number of benzene rings is 1. The van der Waals surface area contributed by atoms with Crippen molar-refractivity contribution in [3.05, 3.63) is 35.6 Å². The van der Waals surface area contributed by atoms with Gasteiger partial charge in [0.1, 0.15) is 5.82 Å². The Morgan fingerprint density at radius 2 is 1.95 bits per heavy atom. The second-order valence-corrected chi connectivity index (χ2v) is 5.52. The van der Waals surface area contributed by atoms with Crippen LogP contribution in [0.5, 0.6) is 0 Å². The van der Waals surface area contributed by atoms with Crippen LogP contribution in [-0.4, -0.2) is 17.8 Å². The minimum atomic E-state index is -0.316. The van der Waals surface area contributed by atoms with Crippen LogP contribution in [0.15, 0.2) is 24.3 Å². The van der Waals surface area contributed by atoms with Gasteiger partial charge in [0, 0.05) is 11.9 Å². The van der Waals surface area contributed by atoms with Gasteiger partial charge in [-0.3, -0.25) is 4.79 Å². The predicted octanol–water partition coefficient (Wildman–Crippen LogP) is 3.28. The molecule has 1 aromatic rings. The van der Waals surface area contributed by atoms with Crippen molar-refractivity contribution in [2.75, 3.05) is 5.88 Å². The van der Waals surface area contributed by atoms with Gasteiger partial charge in [-0.1, -0.05) is 18.2 Å². The summed E-state index contributed by atoms with van der Waals surface area (Å²) in [4.78, 5) is 11.9. The van der Waals surface area contributed by atoms with Gasteiger partial charge in [0.05, 0.1) is 6.42 Å². The zero-order valence-electron chi connectivity index (χ0n) is 10.9. The van der Waals surface area contributed by atoms with E-state index in [9.17, 15) is 9.18 Å². The highest BCUT2D eigenvalue weighted by Gasteiger charge is 2.21. The van der Waals surface area contributed by atoms with Crippen LogP contribution in [-0.2, 0) is 11.2 Å². The number of amides is 1. The molecule has 0 atom stereocenters. The molecule has 1 aliphatic carbocycles. The molecule has 1 N–H and O–H groups in total. The van der Waals surface area contributed by atoms with E-state index < -0.39 is 0 Å². The first-order valence-corrected chi connectivity index (χ1v) is 7.31. The van der Waals surface area contributed by atoms with Crippen molar-refractivity contribution in [1.29, 1.82) is 0 Å². The minimum absolute atomic E-state index is 0.0978. The minimum Gasteiger partial charge on any atom is -0.353 e. The summed E-state index contributed by atoms with van der Waals surface area (Å²) in [5.74, 6) is 0.875. The van der Waals surface area contributed by atoms with Crippen molar-refractivity contribution in [2.24, 2.45) is 5.92 Å². The van der Waals surface area contributed by atoms with Gasteiger partial charge < -0.3 is 5.32 Å². The van der Waals surface area contributed by atoms with E-state index >= 15 is 0 Å². The lowest BCUT2D eigenvalue weighted by atomic mass is 9.87. The molecule has 0 radical (unpaired) electrons. The highest BCUT2D eigenvalue weighted by Crippen LogP contribution is 2.25. The summed E-state index contributed by atoms with van der Waals surface area (Å²) in [6.07, 6.45) is 4.19. The molecule has 0 bridgehead atoms. The number of halogens is 2. The summed E-state index contributed by atoms with van der Waals surface area (Å²) in [5.41, 5.74) is 0.453. The maximum atomic E-state index is 13.4. The Balaban J connectivity index is 1.81. The summed E-state index contributed by atoms with van der Waals surface area (Å²) in [5, 5.41) is 2.99. The number of rotatable bonds is 4. The first kappa shape index (κ1) is 14.3. The van der Waals surface area contributed by atoms with Crippen molar-refractivity contribution >= 4 is 17.5 Å². The van der Waals surface area contributed by atoms with Crippen LogP contribution < -0.4 is 5.32 Å². The fourth-order valence-corrected chi connectivity index (χ4v) is 2.86. The second kappa shape index (κ2) is 6.90. The lowest BCUT2D eigenvalue weighted by Crippen LogP contribution is -2.38. The lowest BCUT2D eigenvalue weighted by molar-refractivity contribution is -0.121. The average Bonchev–Trinajstić information content (AvgIpc) is 2.42. The number of nitrogens with one attached hydrogen (secondary N) is 1. The molecule has 1 fully saturated rings. The molecule has 4 heteroatoms. The molecular weight excluding hydrogens is 265 g/mol. The summed E-state index contributed by atoms with van der Waals surface area (Å²) in [6, 6.07) is 6.63.